The van der Waals surface area contributed by atoms with Crippen LogP contribution in [0.1, 0.15) is 115 Å². The Hall–Kier alpha value is -1.71. The summed E-state index contributed by atoms with van der Waals surface area (Å²) in [5.41, 5.74) is 1.31. The number of phenols is 1. The maximum absolute atomic E-state index is 11.8. The second-order valence-corrected chi connectivity index (χ2v) is 8.90. The fourth-order valence-electron chi connectivity index (χ4n) is 3.90. The van der Waals surface area contributed by atoms with Gasteiger partial charge in [0.15, 0.2) is 0 Å². The predicted octanol–water partition coefficient (Wildman–Crippen LogP) is 7.50. The molecule has 31 heavy (non-hydrogen) atoms. The van der Waals surface area contributed by atoms with Gasteiger partial charge in [0.2, 0.25) is 0 Å². The van der Waals surface area contributed by atoms with Crippen molar-refractivity contribution in [1.29, 1.82) is 0 Å². The summed E-state index contributed by atoms with van der Waals surface area (Å²) in [5, 5.41) is 15.2. The van der Waals surface area contributed by atoms with Crippen LogP contribution in [0.15, 0.2) is 24.3 Å². The molecule has 4 nitrogen and oxygen atoms in total. The smallest absolute Gasteiger partial charge is 0.314 e. The third kappa shape index (κ3) is 17.6. The van der Waals surface area contributed by atoms with Crippen LogP contribution in [0, 0.1) is 0 Å². The topological polar surface area (TPSA) is 61.4 Å². The Morgan fingerprint density at radius 1 is 0.645 bits per heavy atom. The van der Waals surface area contributed by atoms with E-state index in [1.165, 1.54) is 95.5 Å². The normalized spacial score (nSPS) is 10.9. The molecule has 1 aromatic carbocycles. The third-order valence-electron chi connectivity index (χ3n) is 5.93. The van der Waals surface area contributed by atoms with Gasteiger partial charge in [-0.15, -0.1) is 0 Å². The average Bonchev–Trinajstić information content (AvgIpc) is 2.77. The largest absolute Gasteiger partial charge is 0.508 e. The molecule has 0 fully saturated rings. The molecule has 0 radical (unpaired) electrons. The first-order chi connectivity index (χ1) is 15.2. The van der Waals surface area contributed by atoms with Crippen molar-refractivity contribution >= 4 is 6.03 Å². The first kappa shape index (κ1) is 27.3. The lowest BCUT2D eigenvalue weighted by atomic mass is 10.0. The summed E-state index contributed by atoms with van der Waals surface area (Å²) in [6.07, 6.45) is 21.4. The number of carbonyl (C=O) groups excluding carboxylic acids is 1. The van der Waals surface area contributed by atoms with Crippen LogP contribution in [0.5, 0.6) is 5.75 Å². The number of urea groups is 1. The van der Waals surface area contributed by atoms with Gasteiger partial charge in [0.25, 0.3) is 0 Å². The van der Waals surface area contributed by atoms with Crippen molar-refractivity contribution in [2.24, 2.45) is 0 Å². The van der Waals surface area contributed by atoms with Gasteiger partial charge in [0.1, 0.15) is 5.75 Å². The molecule has 4 heteroatoms. The summed E-state index contributed by atoms with van der Waals surface area (Å²) < 4.78 is 0. The zero-order chi connectivity index (χ0) is 22.4. The quantitative estimate of drug-likeness (QED) is 0.187. The van der Waals surface area contributed by atoms with Gasteiger partial charge >= 0.3 is 6.03 Å². The van der Waals surface area contributed by atoms with Gasteiger partial charge < -0.3 is 15.7 Å². The molecule has 0 atom stereocenters. The van der Waals surface area contributed by atoms with E-state index in [1.54, 1.807) is 12.1 Å². The molecule has 0 aliphatic heterocycles. The third-order valence-corrected chi connectivity index (χ3v) is 5.93. The number of hydrogen-bond donors (Lipinski definition) is 3. The van der Waals surface area contributed by atoms with Crippen LogP contribution in [0.4, 0.5) is 4.79 Å². The standard InChI is InChI=1S/C27H48N2O2/c1-2-3-4-5-6-10-13-16-23-28-27(31)29-24-17-14-11-8-7-9-12-15-18-25-19-21-26(30)22-20-25/h19-22,30H,2-18,23-24H2,1H3,(H2,28,29,31). The van der Waals surface area contributed by atoms with Gasteiger partial charge in [-0.1, -0.05) is 103 Å². The maximum atomic E-state index is 11.8. The van der Waals surface area contributed by atoms with E-state index in [9.17, 15) is 9.90 Å². The molecule has 0 saturated heterocycles. The molecule has 3 N–H and O–H groups in total. The van der Waals surface area contributed by atoms with Gasteiger partial charge in [0.05, 0.1) is 0 Å². The summed E-state index contributed by atoms with van der Waals surface area (Å²) in [5.74, 6) is 0.346. The van der Waals surface area contributed by atoms with Crippen molar-refractivity contribution in [2.75, 3.05) is 13.1 Å². The summed E-state index contributed by atoms with van der Waals surface area (Å²) in [4.78, 5) is 11.8. The molecular weight excluding hydrogens is 384 g/mol. The minimum absolute atomic E-state index is 0.00317. The van der Waals surface area contributed by atoms with Crippen LogP contribution in [0.2, 0.25) is 0 Å². The lowest BCUT2D eigenvalue weighted by Gasteiger charge is -2.08. The first-order valence-corrected chi connectivity index (χ1v) is 13.0. The number of unbranched alkanes of at least 4 members (excludes halogenated alkanes) is 14. The van der Waals surface area contributed by atoms with Gasteiger partial charge in [-0.05, 0) is 43.4 Å². The molecule has 0 aliphatic carbocycles. The molecule has 0 bridgehead atoms. The number of aryl methyl sites for hydroxylation is 1. The number of rotatable bonds is 20. The van der Waals surface area contributed by atoms with E-state index in [1.807, 2.05) is 12.1 Å². The van der Waals surface area contributed by atoms with Gasteiger partial charge in [-0.25, -0.2) is 4.79 Å². The van der Waals surface area contributed by atoms with Crippen LogP contribution >= 0.6 is 0 Å². The van der Waals surface area contributed by atoms with Gasteiger partial charge in [-0.2, -0.15) is 0 Å². The van der Waals surface area contributed by atoms with Crippen LogP contribution in [0.3, 0.4) is 0 Å². The highest BCUT2D eigenvalue weighted by Crippen LogP contribution is 2.14. The minimum atomic E-state index is -0.00317. The fourth-order valence-corrected chi connectivity index (χ4v) is 3.90. The molecule has 0 aromatic heterocycles. The average molecular weight is 433 g/mol. The lowest BCUT2D eigenvalue weighted by molar-refractivity contribution is 0.240. The molecule has 0 unspecified atom stereocenters. The van der Waals surface area contributed by atoms with Crippen molar-refractivity contribution in [3.05, 3.63) is 29.8 Å². The van der Waals surface area contributed by atoms with Crippen molar-refractivity contribution in [2.45, 2.75) is 116 Å². The van der Waals surface area contributed by atoms with Crippen LogP contribution < -0.4 is 10.6 Å². The number of hydrogen-bond acceptors (Lipinski definition) is 2. The summed E-state index contributed by atoms with van der Waals surface area (Å²) in [7, 11) is 0. The van der Waals surface area contributed by atoms with Crippen LogP contribution in [-0.4, -0.2) is 24.2 Å². The first-order valence-electron chi connectivity index (χ1n) is 13.0. The molecular formula is C27H48N2O2. The summed E-state index contributed by atoms with van der Waals surface area (Å²) >= 11 is 0. The van der Waals surface area contributed by atoms with Crippen molar-refractivity contribution in [3.63, 3.8) is 0 Å². The highest BCUT2D eigenvalue weighted by molar-refractivity contribution is 5.73. The van der Waals surface area contributed by atoms with E-state index >= 15 is 0 Å². The minimum Gasteiger partial charge on any atom is -0.508 e. The highest BCUT2D eigenvalue weighted by atomic mass is 16.3. The SMILES string of the molecule is CCCCCCCCCCNC(=O)NCCCCCCCCCCc1ccc(O)cc1. The molecule has 0 heterocycles. The van der Waals surface area contributed by atoms with Crippen molar-refractivity contribution in [1.82, 2.24) is 10.6 Å². The summed E-state index contributed by atoms with van der Waals surface area (Å²) in [6, 6.07) is 7.56. The van der Waals surface area contributed by atoms with E-state index in [0.29, 0.717) is 5.75 Å². The molecule has 1 aromatic rings. The summed E-state index contributed by atoms with van der Waals surface area (Å²) in [6.45, 7) is 3.84. The predicted molar refractivity (Wildman–Crippen MR) is 133 cm³/mol. The lowest BCUT2D eigenvalue weighted by Crippen LogP contribution is -2.36. The molecule has 0 saturated carbocycles. The van der Waals surface area contributed by atoms with Crippen LogP contribution in [0.25, 0.3) is 0 Å². The molecule has 178 valence electrons. The Kier molecular flexibility index (Phi) is 17.8. The van der Waals surface area contributed by atoms with E-state index < -0.39 is 0 Å². The number of carbonyl (C=O) groups is 1. The fraction of sp³-hybridized carbons (Fsp3) is 0.741. The Morgan fingerprint density at radius 3 is 1.55 bits per heavy atom. The van der Waals surface area contributed by atoms with Crippen molar-refractivity contribution in [3.8, 4) is 5.75 Å². The Morgan fingerprint density at radius 2 is 1.06 bits per heavy atom. The van der Waals surface area contributed by atoms with Crippen LogP contribution in [-0.2, 0) is 6.42 Å². The number of amides is 2. The Balaban J connectivity index is 1.76. The number of aromatic hydroxyl groups is 1. The number of phenolic OH excluding ortho intramolecular Hbond substituents is 1. The van der Waals surface area contributed by atoms with Gasteiger partial charge in [0, 0.05) is 13.1 Å². The second kappa shape index (κ2) is 20.2. The van der Waals surface area contributed by atoms with E-state index in [2.05, 4.69) is 17.6 Å². The molecule has 2 amide bonds. The molecule has 0 aliphatic rings. The zero-order valence-corrected chi connectivity index (χ0v) is 20.1. The molecule has 0 spiro atoms. The molecule has 1 rings (SSSR count). The Labute approximate surface area is 191 Å². The van der Waals surface area contributed by atoms with E-state index in [-0.39, 0.29) is 6.03 Å². The maximum Gasteiger partial charge on any atom is 0.314 e. The monoisotopic (exact) mass is 432 g/mol. The number of benzene rings is 1. The Bertz CT molecular complexity index is 531. The van der Waals surface area contributed by atoms with E-state index in [0.717, 1.165) is 32.4 Å². The van der Waals surface area contributed by atoms with E-state index in [4.69, 9.17) is 0 Å². The highest BCUT2D eigenvalue weighted by Gasteiger charge is 1.99. The van der Waals surface area contributed by atoms with Gasteiger partial charge in [-0.3, -0.25) is 0 Å². The second-order valence-electron chi connectivity index (χ2n) is 8.90. The zero-order valence-electron chi connectivity index (χ0n) is 20.1. The van der Waals surface area contributed by atoms with Crippen molar-refractivity contribution < 1.29 is 9.90 Å². The number of nitrogens with one attached hydrogen (secondary N) is 2.